The molecule has 0 saturated heterocycles. The monoisotopic (exact) mass is 305 g/mol. The van der Waals surface area contributed by atoms with E-state index in [1.807, 2.05) is 12.1 Å². The van der Waals surface area contributed by atoms with Crippen LogP contribution in [0.1, 0.15) is 36.1 Å². The van der Waals surface area contributed by atoms with Gasteiger partial charge in [-0.25, -0.2) is 0 Å². The molecule has 2 N–H and O–H groups in total. The number of ether oxygens (including phenoxy) is 2. The summed E-state index contributed by atoms with van der Waals surface area (Å²) in [7, 11) is 1.68. The Morgan fingerprint density at radius 3 is 2.38 bits per heavy atom. The highest BCUT2D eigenvalue weighted by atomic mass is 32.1. The number of rotatable bonds is 5. The molecule has 0 aliphatic heterocycles. The van der Waals surface area contributed by atoms with Crippen LogP contribution in [-0.2, 0) is 18.6 Å². The average molecular weight is 305 g/mol. The molecule has 0 spiro atoms. The van der Waals surface area contributed by atoms with Crippen LogP contribution < -0.4 is 15.2 Å². The fraction of sp³-hybridized carbons (Fsp3) is 0.412. The van der Waals surface area contributed by atoms with Crippen molar-refractivity contribution in [3.05, 3.63) is 45.6 Å². The van der Waals surface area contributed by atoms with Crippen molar-refractivity contribution in [2.24, 2.45) is 5.73 Å². The topological polar surface area (TPSA) is 44.5 Å². The smallest absolute Gasteiger partial charge is 0.123 e. The summed E-state index contributed by atoms with van der Waals surface area (Å²) >= 11 is 1.70. The molecule has 114 valence electrons. The van der Waals surface area contributed by atoms with E-state index in [2.05, 4.69) is 39.0 Å². The normalized spacial score (nSPS) is 11.5. The van der Waals surface area contributed by atoms with Gasteiger partial charge in [0.1, 0.15) is 18.1 Å². The van der Waals surface area contributed by atoms with E-state index in [4.69, 9.17) is 15.2 Å². The van der Waals surface area contributed by atoms with Crippen molar-refractivity contribution in [2.45, 2.75) is 39.3 Å². The summed E-state index contributed by atoms with van der Waals surface area (Å²) in [6, 6.07) is 10.1. The van der Waals surface area contributed by atoms with Crippen LogP contribution in [0.3, 0.4) is 0 Å². The van der Waals surface area contributed by atoms with Gasteiger partial charge in [0, 0.05) is 21.9 Å². The van der Waals surface area contributed by atoms with Gasteiger partial charge in [0.2, 0.25) is 0 Å². The SMILES string of the molecule is COc1ccc(OCc2ccc(CN)s2)c(C(C)(C)C)c1. The lowest BCUT2D eigenvalue weighted by atomic mass is 9.86. The van der Waals surface area contributed by atoms with E-state index in [0.29, 0.717) is 13.2 Å². The van der Waals surface area contributed by atoms with Crippen molar-refractivity contribution in [3.63, 3.8) is 0 Å². The lowest BCUT2D eigenvalue weighted by molar-refractivity contribution is 0.300. The van der Waals surface area contributed by atoms with Gasteiger partial charge in [0.25, 0.3) is 0 Å². The van der Waals surface area contributed by atoms with E-state index < -0.39 is 0 Å². The van der Waals surface area contributed by atoms with E-state index in [0.717, 1.165) is 17.1 Å². The van der Waals surface area contributed by atoms with Crippen molar-refractivity contribution in [2.75, 3.05) is 7.11 Å². The van der Waals surface area contributed by atoms with E-state index in [9.17, 15) is 0 Å². The van der Waals surface area contributed by atoms with Gasteiger partial charge < -0.3 is 15.2 Å². The third-order valence-electron chi connectivity index (χ3n) is 3.28. The number of hydrogen-bond acceptors (Lipinski definition) is 4. The highest BCUT2D eigenvalue weighted by Gasteiger charge is 2.20. The first-order valence-corrected chi connectivity index (χ1v) is 7.84. The lowest BCUT2D eigenvalue weighted by Gasteiger charge is -2.23. The predicted octanol–water partition coefficient (Wildman–Crippen LogP) is 4.09. The first kappa shape index (κ1) is 15.9. The van der Waals surface area contributed by atoms with Crippen molar-refractivity contribution in [3.8, 4) is 11.5 Å². The first-order chi connectivity index (χ1) is 9.94. The molecule has 0 fully saturated rings. The molecule has 0 amide bonds. The van der Waals surface area contributed by atoms with Crippen LogP contribution in [0.5, 0.6) is 11.5 Å². The van der Waals surface area contributed by atoms with Crippen LogP contribution in [0.4, 0.5) is 0 Å². The molecule has 1 aromatic carbocycles. The predicted molar refractivity (Wildman–Crippen MR) is 88.2 cm³/mol. The minimum Gasteiger partial charge on any atom is -0.497 e. The number of nitrogens with two attached hydrogens (primary N) is 1. The second-order valence-corrected chi connectivity index (χ2v) is 7.23. The Hall–Kier alpha value is -1.52. The van der Waals surface area contributed by atoms with Gasteiger partial charge in [-0.1, -0.05) is 20.8 Å². The molecule has 1 aromatic heterocycles. The van der Waals surface area contributed by atoms with Gasteiger partial charge in [0.15, 0.2) is 0 Å². The number of methoxy groups -OCH3 is 1. The Balaban J connectivity index is 2.19. The van der Waals surface area contributed by atoms with E-state index in [1.165, 1.54) is 9.75 Å². The largest absolute Gasteiger partial charge is 0.497 e. The third-order valence-corrected chi connectivity index (χ3v) is 4.36. The molecule has 21 heavy (non-hydrogen) atoms. The highest BCUT2D eigenvalue weighted by Crippen LogP contribution is 2.35. The summed E-state index contributed by atoms with van der Waals surface area (Å²) in [5.74, 6) is 1.76. The van der Waals surface area contributed by atoms with Gasteiger partial charge in [-0.3, -0.25) is 0 Å². The highest BCUT2D eigenvalue weighted by molar-refractivity contribution is 7.11. The van der Waals surface area contributed by atoms with Crippen molar-refractivity contribution >= 4 is 11.3 Å². The number of benzene rings is 1. The van der Waals surface area contributed by atoms with Crippen LogP contribution in [-0.4, -0.2) is 7.11 Å². The molecular weight excluding hydrogens is 282 g/mol. The van der Waals surface area contributed by atoms with Crippen LogP contribution >= 0.6 is 11.3 Å². The number of hydrogen-bond donors (Lipinski definition) is 1. The molecule has 0 bridgehead atoms. The molecule has 2 aromatic rings. The van der Waals surface area contributed by atoms with Crippen LogP contribution in [0.25, 0.3) is 0 Å². The Morgan fingerprint density at radius 2 is 1.81 bits per heavy atom. The molecule has 4 heteroatoms. The van der Waals surface area contributed by atoms with Crippen LogP contribution in [0, 0.1) is 0 Å². The second kappa shape index (κ2) is 6.50. The maximum Gasteiger partial charge on any atom is 0.123 e. The van der Waals surface area contributed by atoms with Gasteiger partial charge in [0.05, 0.1) is 7.11 Å². The summed E-state index contributed by atoms with van der Waals surface area (Å²) in [6.45, 7) is 7.67. The summed E-state index contributed by atoms with van der Waals surface area (Å²) in [5, 5.41) is 0. The summed E-state index contributed by atoms with van der Waals surface area (Å²) < 4.78 is 11.3. The second-order valence-electron chi connectivity index (χ2n) is 5.97. The molecule has 0 aliphatic carbocycles. The molecule has 0 unspecified atom stereocenters. The Labute approximate surface area is 130 Å². The Bertz CT molecular complexity index is 599. The zero-order chi connectivity index (χ0) is 15.5. The quantitative estimate of drug-likeness (QED) is 0.905. The fourth-order valence-electron chi connectivity index (χ4n) is 2.11. The molecular formula is C17H23NO2S. The van der Waals surface area contributed by atoms with E-state index in [1.54, 1.807) is 18.4 Å². The molecule has 3 nitrogen and oxygen atoms in total. The third kappa shape index (κ3) is 3.99. The van der Waals surface area contributed by atoms with Crippen molar-refractivity contribution < 1.29 is 9.47 Å². The Kier molecular flexibility index (Phi) is 4.91. The zero-order valence-electron chi connectivity index (χ0n) is 13.1. The van der Waals surface area contributed by atoms with Crippen molar-refractivity contribution in [1.82, 2.24) is 0 Å². The summed E-state index contributed by atoms with van der Waals surface area (Å²) in [5.41, 5.74) is 6.79. The minimum absolute atomic E-state index is 0.00173. The molecule has 0 radical (unpaired) electrons. The minimum atomic E-state index is 0.00173. The standard InChI is InChI=1S/C17H23NO2S/c1-17(2,3)15-9-12(19-4)5-8-16(15)20-11-14-7-6-13(10-18)21-14/h5-9H,10-11,18H2,1-4H3. The van der Waals surface area contributed by atoms with E-state index >= 15 is 0 Å². The van der Waals surface area contributed by atoms with Crippen LogP contribution in [0.2, 0.25) is 0 Å². The number of thiophene rings is 1. The summed E-state index contributed by atoms with van der Waals surface area (Å²) in [4.78, 5) is 2.37. The lowest BCUT2D eigenvalue weighted by Crippen LogP contribution is -2.13. The first-order valence-electron chi connectivity index (χ1n) is 7.03. The van der Waals surface area contributed by atoms with Gasteiger partial charge in [-0.15, -0.1) is 11.3 Å². The Morgan fingerprint density at radius 1 is 1.10 bits per heavy atom. The molecule has 1 heterocycles. The maximum atomic E-state index is 6.02. The van der Waals surface area contributed by atoms with Crippen molar-refractivity contribution in [1.29, 1.82) is 0 Å². The molecule has 2 rings (SSSR count). The maximum absolute atomic E-state index is 6.02. The van der Waals surface area contributed by atoms with Gasteiger partial charge in [-0.05, 0) is 35.7 Å². The van der Waals surface area contributed by atoms with E-state index in [-0.39, 0.29) is 5.41 Å². The molecule has 0 saturated carbocycles. The molecule has 0 atom stereocenters. The van der Waals surface area contributed by atoms with Gasteiger partial charge in [-0.2, -0.15) is 0 Å². The van der Waals surface area contributed by atoms with Crippen LogP contribution in [0.15, 0.2) is 30.3 Å². The van der Waals surface area contributed by atoms with Gasteiger partial charge >= 0.3 is 0 Å². The fourth-order valence-corrected chi connectivity index (χ4v) is 2.92. The average Bonchev–Trinajstić information content (AvgIpc) is 2.92. The summed E-state index contributed by atoms with van der Waals surface area (Å²) in [6.07, 6.45) is 0. The molecule has 0 aliphatic rings. The zero-order valence-corrected chi connectivity index (χ0v) is 13.9.